The first kappa shape index (κ1) is 13.6. The molecule has 0 saturated carbocycles. The second-order valence-electron chi connectivity index (χ2n) is 3.95. The number of benzene rings is 1. The molecule has 0 aliphatic rings. The van der Waals surface area contributed by atoms with Gasteiger partial charge in [-0.2, -0.15) is 0 Å². The molecule has 0 spiro atoms. The molecule has 0 aliphatic heterocycles. The molecule has 4 nitrogen and oxygen atoms in total. The highest BCUT2D eigenvalue weighted by molar-refractivity contribution is 5.98. The number of carbonyl (C=O) groups excluding carboxylic acids is 1. The van der Waals surface area contributed by atoms with Crippen LogP contribution in [0.1, 0.15) is 15.9 Å². The van der Waals surface area contributed by atoms with Gasteiger partial charge in [0, 0.05) is 23.4 Å². The first-order valence-electron chi connectivity index (χ1n) is 5.89. The number of hydrogen-bond acceptors (Lipinski definition) is 4. The van der Waals surface area contributed by atoms with Crippen molar-refractivity contribution in [2.45, 2.75) is 0 Å². The van der Waals surface area contributed by atoms with Crippen LogP contribution in [0.2, 0.25) is 0 Å². The van der Waals surface area contributed by atoms with E-state index in [0.29, 0.717) is 22.6 Å². The van der Waals surface area contributed by atoms with Crippen LogP contribution in [0.4, 0.5) is 0 Å². The number of rotatable bonds is 3. The molecule has 0 fully saturated rings. The van der Waals surface area contributed by atoms with Crippen molar-refractivity contribution in [3.63, 3.8) is 0 Å². The fraction of sp³-hybridized carbons (Fsp3) is 0.125. The lowest BCUT2D eigenvalue weighted by Gasteiger charge is -2.11. The number of hydrogen-bond donors (Lipinski definition) is 0. The third-order valence-electron chi connectivity index (χ3n) is 2.87. The molecule has 0 unspecified atom stereocenters. The molecule has 1 aromatic carbocycles. The van der Waals surface area contributed by atoms with Gasteiger partial charge in [0.2, 0.25) is 5.88 Å². The molecule has 0 bridgehead atoms. The molecule has 2 rings (SSSR count). The van der Waals surface area contributed by atoms with Crippen molar-refractivity contribution in [1.82, 2.24) is 4.98 Å². The van der Waals surface area contributed by atoms with Crippen LogP contribution in [0.25, 0.3) is 11.1 Å². The summed E-state index contributed by atoms with van der Waals surface area (Å²) >= 11 is 0. The molecule has 100 valence electrons. The van der Waals surface area contributed by atoms with Crippen LogP contribution in [0.3, 0.4) is 0 Å². The Bertz CT molecular complexity index is 686. The molecule has 0 radical (unpaired) electrons. The van der Waals surface area contributed by atoms with Crippen LogP contribution in [-0.2, 0) is 4.74 Å². The van der Waals surface area contributed by atoms with E-state index in [4.69, 9.17) is 15.9 Å². The van der Waals surface area contributed by atoms with Gasteiger partial charge in [0.1, 0.15) is 0 Å². The molecular weight excluding hydrogens is 254 g/mol. The SMILES string of the molecule is C#Cc1ccccc1-c1cnc(OC)cc1C(=O)OC. The Hall–Kier alpha value is -2.80. The number of terminal acetylenes is 1. The standard InChI is InChI=1S/C16H13NO3/c1-4-11-7-5-6-8-12(11)14-10-17-15(19-2)9-13(14)16(18)20-3/h1,5-10H,2-3H3. The van der Waals surface area contributed by atoms with Gasteiger partial charge in [-0.05, 0) is 11.6 Å². The fourth-order valence-electron chi connectivity index (χ4n) is 1.89. The van der Waals surface area contributed by atoms with E-state index in [1.165, 1.54) is 20.3 Å². The Morgan fingerprint density at radius 1 is 1.25 bits per heavy atom. The number of carbonyl (C=O) groups is 1. The zero-order chi connectivity index (χ0) is 14.5. The van der Waals surface area contributed by atoms with E-state index in [9.17, 15) is 4.79 Å². The molecule has 1 aromatic heterocycles. The van der Waals surface area contributed by atoms with Crippen molar-refractivity contribution in [2.24, 2.45) is 0 Å². The van der Waals surface area contributed by atoms with E-state index in [1.54, 1.807) is 12.3 Å². The van der Waals surface area contributed by atoms with E-state index in [0.717, 1.165) is 5.56 Å². The summed E-state index contributed by atoms with van der Waals surface area (Å²) in [5.41, 5.74) is 2.42. The maximum Gasteiger partial charge on any atom is 0.338 e. The average molecular weight is 267 g/mol. The van der Waals surface area contributed by atoms with E-state index in [2.05, 4.69) is 10.9 Å². The first-order valence-corrected chi connectivity index (χ1v) is 5.89. The molecule has 0 saturated heterocycles. The van der Waals surface area contributed by atoms with Crippen LogP contribution in [-0.4, -0.2) is 25.2 Å². The lowest BCUT2D eigenvalue weighted by Crippen LogP contribution is -2.05. The zero-order valence-electron chi connectivity index (χ0n) is 11.2. The highest BCUT2D eigenvalue weighted by atomic mass is 16.5. The van der Waals surface area contributed by atoms with Gasteiger partial charge in [0.25, 0.3) is 0 Å². The quantitative estimate of drug-likeness (QED) is 0.633. The lowest BCUT2D eigenvalue weighted by atomic mass is 9.97. The van der Waals surface area contributed by atoms with E-state index in [-0.39, 0.29) is 0 Å². The molecular formula is C16H13NO3. The van der Waals surface area contributed by atoms with Crippen LogP contribution in [0.5, 0.6) is 5.88 Å². The number of esters is 1. The minimum absolute atomic E-state index is 0.340. The number of methoxy groups -OCH3 is 2. The molecule has 0 amide bonds. The Morgan fingerprint density at radius 2 is 2.00 bits per heavy atom. The maximum atomic E-state index is 11.9. The second kappa shape index (κ2) is 5.89. The predicted molar refractivity (Wildman–Crippen MR) is 75.5 cm³/mol. The topological polar surface area (TPSA) is 48.4 Å². The number of ether oxygens (including phenoxy) is 2. The molecule has 20 heavy (non-hydrogen) atoms. The summed E-state index contributed by atoms with van der Waals surface area (Å²) in [7, 11) is 2.81. The van der Waals surface area contributed by atoms with Crippen molar-refractivity contribution in [3.8, 4) is 29.4 Å². The summed E-state index contributed by atoms with van der Waals surface area (Å²) in [6, 6.07) is 8.87. The predicted octanol–water partition coefficient (Wildman–Crippen LogP) is 2.53. The molecule has 1 heterocycles. The number of aromatic nitrogens is 1. The summed E-state index contributed by atoms with van der Waals surface area (Å²) in [4.78, 5) is 16.0. The van der Waals surface area contributed by atoms with E-state index in [1.807, 2.05) is 18.2 Å². The summed E-state index contributed by atoms with van der Waals surface area (Å²) < 4.78 is 9.84. The van der Waals surface area contributed by atoms with Crippen LogP contribution < -0.4 is 4.74 Å². The van der Waals surface area contributed by atoms with Gasteiger partial charge >= 0.3 is 5.97 Å². The van der Waals surface area contributed by atoms with Crippen molar-refractivity contribution >= 4 is 5.97 Å². The van der Waals surface area contributed by atoms with Gasteiger partial charge in [-0.15, -0.1) is 6.42 Å². The van der Waals surface area contributed by atoms with Gasteiger partial charge in [-0.3, -0.25) is 0 Å². The van der Waals surface area contributed by atoms with Crippen molar-refractivity contribution < 1.29 is 14.3 Å². The van der Waals surface area contributed by atoms with Crippen molar-refractivity contribution in [3.05, 3.63) is 47.7 Å². The highest BCUT2D eigenvalue weighted by Crippen LogP contribution is 2.28. The Morgan fingerprint density at radius 3 is 2.65 bits per heavy atom. The monoisotopic (exact) mass is 267 g/mol. The second-order valence-corrected chi connectivity index (χ2v) is 3.95. The van der Waals surface area contributed by atoms with Gasteiger partial charge in [-0.1, -0.05) is 24.1 Å². The summed E-state index contributed by atoms with van der Waals surface area (Å²) in [6.07, 6.45) is 7.05. The Kier molecular flexibility index (Phi) is 4.02. The number of pyridine rings is 1. The fourth-order valence-corrected chi connectivity index (χ4v) is 1.89. The van der Waals surface area contributed by atoms with E-state index >= 15 is 0 Å². The zero-order valence-corrected chi connectivity index (χ0v) is 11.2. The molecule has 0 atom stereocenters. The third-order valence-corrected chi connectivity index (χ3v) is 2.87. The first-order chi connectivity index (χ1) is 9.71. The van der Waals surface area contributed by atoms with E-state index < -0.39 is 5.97 Å². The van der Waals surface area contributed by atoms with Gasteiger partial charge in [0.05, 0.1) is 19.8 Å². The lowest BCUT2D eigenvalue weighted by molar-refractivity contribution is 0.0601. The molecule has 4 heteroatoms. The van der Waals surface area contributed by atoms with Crippen LogP contribution >= 0.6 is 0 Å². The highest BCUT2D eigenvalue weighted by Gasteiger charge is 2.17. The van der Waals surface area contributed by atoms with Crippen LogP contribution in [0, 0.1) is 12.3 Å². The van der Waals surface area contributed by atoms with Crippen molar-refractivity contribution in [2.75, 3.05) is 14.2 Å². The molecule has 0 aliphatic carbocycles. The minimum Gasteiger partial charge on any atom is -0.481 e. The minimum atomic E-state index is -0.465. The largest absolute Gasteiger partial charge is 0.481 e. The van der Waals surface area contributed by atoms with Crippen LogP contribution in [0.15, 0.2) is 36.5 Å². The third kappa shape index (κ3) is 2.47. The smallest absolute Gasteiger partial charge is 0.338 e. The average Bonchev–Trinajstić information content (AvgIpc) is 2.53. The Labute approximate surface area is 117 Å². The van der Waals surface area contributed by atoms with Gasteiger partial charge < -0.3 is 9.47 Å². The molecule has 2 aromatic rings. The molecule has 0 N–H and O–H groups in total. The van der Waals surface area contributed by atoms with Crippen molar-refractivity contribution in [1.29, 1.82) is 0 Å². The summed E-state index contributed by atoms with van der Waals surface area (Å²) in [6.45, 7) is 0. The number of nitrogens with zero attached hydrogens (tertiary/aromatic N) is 1. The summed E-state index contributed by atoms with van der Waals surface area (Å²) in [5, 5.41) is 0. The Balaban J connectivity index is 2.68. The normalized spacial score (nSPS) is 9.65. The summed E-state index contributed by atoms with van der Waals surface area (Å²) in [5.74, 6) is 2.47. The maximum absolute atomic E-state index is 11.9. The van der Waals surface area contributed by atoms with Gasteiger partial charge in [0.15, 0.2) is 0 Å². The van der Waals surface area contributed by atoms with Gasteiger partial charge in [-0.25, -0.2) is 9.78 Å².